The average Bonchev–Trinajstić information content (AvgIpc) is 3.30. The lowest BCUT2D eigenvalue weighted by Gasteiger charge is -2.33. The van der Waals surface area contributed by atoms with E-state index in [1.807, 2.05) is 48.5 Å². The van der Waals surface area contributed by atoms with Crippen LogP contribution in [0.3, 0.4) is 0 Å². The minimum Gasteiger partial charge on any atom is -0.497 e. The summed E-state index contributed by atoms with van der Waals surface area (Å²) < 4.78 is 5.19. The minimum absolute atomic E-state index is 0.0793. The fourth-order valence-corrected chi connectivity index (χ4v) is 4.50. The lowest BCUT2D eigenvalue weighted by atomic mass is 9.96. The number of nitrogens with zero attached hydrogens (tertiary/aromatic N) is 2. The van der Waals surface area contributed by atoms with E-state index in [-0.39, 0.29) is 17.7 Å². The van der Waals surface area contributed by atoms with Crippen molar-refractivity contribution < 1.29 is 14.3 Å². The zero-order valence-corrected chi connectivity index (χ0v) is 18.0. The largest absolute Gasteiger partial charge is 0.497 e. The average molecular weight is 437 g/mol. The first-order valence-electron chi connectivity index (χ1n) is 10.1. The number of nitrogens with two attached hydrogens (primary N) is 1. The molecule has 0 atom stereocenters. The summed E-state index contributed by atoms with van der Waals surface area (Å²) in [4.78, 5) is 31.0. The summed E-state index contributed by atoms with van der Waals surface area (Å²) >= 11 is 1.42. The van der Waals surface area contributed by atoms with Gasteiger partial charge in [-0.15, -0.1) is 11.3 Å². The van der Waals surface area contributed by atoms with Crippen LogP contribution in [-0.4, -0.2) is 37.0 Å². The molecule has 1 fully saturated rings. The van der Waals surface area contributed by atoms with Gasteiger partial charge in [-0.25, -0.2) is 4.98 Å². The van der Waals surface area contributed by atoms with Crippen LogP contribution in [0.1, 0.15) is 23.3 Å². The molecule has 3 aromatic rings. The number of para-hydroxylation sites is 2. The van der Waals surface area contributed by atoms with Crippen molar-refractivity contribution in [2.24, 2.45) is 11.7 Å². The van der Waals surface area contributed by atoms with Gasteiger partial charge >= 0.3 is 0 Å². The molecule has 0 radical (unpaired) electrons. The van der Waals surface area contributed by atoms with Gasteiger partial charge < -0.3 is 20.7 Å². The Kier molecular flexibility index (Phi) is 6.18. The van der Waals surface area contributed by atoms with E-state index in [2.05, 4.69) is 15.2 Å². The molecule has 1 aliphatic heterocycles. The second-order valence-corrected chi connectivity index (χ2v) is 8.26. The van der Waals surface area contributed by atoms with Crippen LogP contribution in [0.2, 0.25) is 0 Å². The maximum atomic E-state index is 12.9. The molecule has 1 aliphatic rings. The van der Waals surface area contributed by atoms with E-state index in [0.717, 1.165) is 53.6 Å². The molecule has 0 unspecified atom stereocenters. The van der Waals surface area contributed by atoms with E-state index in [9.17, 15) is 9.59 Å². The highest BCUT2D eigenvalue weighted by molar-refractivity contribution is 7.13. The first-order valence-corrected chi connectivity index (χ1v) is 11.0. The zero-order chi connectivity index (χ0) is 21.8. The molecule has 0 bridgehead atoms. The SMILES string of the molecule is COc1ccc(-c2nc(C(=O)Nc3ccccc3N3CCC(C(N)=O)CC3)cs2)cc1. The fraction of sp³-hybridized carbons (Fsp3) is 0.261. The Morgan fingerprint density at radius 2 is 1.84 bits per heavy atom. The highest BCUT2D eigenvalue weighted by Crippen LogP contribution is 2.31. The van der Waals surface area contributed by atoms with Gasteiger partial charge in [0.15, 0.2) is 0 Å². The van der Waals surface area contributed by atoms with Crippen LogP contribution in [0.4, 0.5) is 11.4 Å². The van der Waals surface area contributed by atoms with Gasteiger partial charge in [0, 0.05) is 30.0 Å². The summed E-state index contributed by atoms with van der Waals surface area (Å²) in [6, 6.07) is 15.3. The number of nitrogens with one attached hydrogen (secondary N) is 1. The third-order valence-electron chi connectivity index (χ3n) is 5.46. The number of hydrogen-bond donors (Lipinski definition) is 2. The molecule has 2 amide bonds. The number of piperidine rings is 1. The van der Waals surface area contributed by atoms with Crippen molar-refractivity contribution in [3.63, 3.8) is 0 Å². The Labute approximate surface area is 184 Å². The molecule has 8 heteroatoms. The highest BCUT2D eigenvalue weighted by atomic mass is 32.1. The van der Waals surface area contributed by atoms with Crippen molar-refractivity contribution in [2.45, 2.75) is 12.8 Å². The summed E-state index contributed by atoms with van der Waals surface area (Å²) in [7, 11) is 1.62. The number of ether oxygens (including phenoxy) is 1. The summed E-state index contributed by atoms with van der Waals surface area (Å²) in [5, 5.41) is 5.53. The van der Waals surface area contributed by atoms with Gasteiger partial charge in [-0.3, -0.25) is 9.59 Å². The van der Waals surface area contributed by atoms with Crippen molar-refractivity contribution in [1.29, 1.82) is 0 Å². The van der Waals surface area contributed by atoms with E-state index < -0.39 is 0 Å². The maximum Gasteiger partial charge on any atom is 0.275 e. The van der Waals surface area contributed by atoms with E-state index in [4.69, 9.17) is 10.5 Å². The summed E-state index contributed by atoms with van der Waals surface area (Å²) in [5.41, 5.74) is 8.41. The second kappa shape index (κ2) is 9.18. The number of carbonyl (C=O) groups is 2. The lowest BCUT2D eigenvalue weighted by Crippen LogP contribution is -2.38. The van der Waals surface area contributed by atoms with Crippen molar-refractivity contribution in [3.05, 3.63) is 59.6 Å². The molecule has 2 heterocycles. The van der Waals surface area contributed by atoms with Gasteiger partial charge in [0.1, 0.15) is 16.5 Å². The van der Waals surface area contributed by atoms with Gasteiger partial charge in [-0.2, -0.15) is 0 Å². The Morgan fingerprint density at radius 1 is 1.13 bits per heavy atom. The van der Waals surface area contributed by atoms with Crippen LogP contribution in [0.15, 0.2) is 53.9 Å². The lowest BCUT2D eigenvalue weighted by molar-refractivity contribution is -0.122. The Hall–Kier alpha value is -3.39. The quantitative estimate of drug-likeness (QED) is 0.613. The predicted molar refractivity (Wildman–Crippen MR) is 123 cm³/mol. The molecule has 3 N–H and O–H groups in total. The summed E-state index contributed by atoms with van der Waals surface area (Å²) in [5.74, 6) is 0.201. The topological polar surface area (TPSA) is 97.6 Å². The van der Waals surface area contributed by atoms with E-state index in [0.29, 0.717) is 5.69 Å². The summed E-state index contributed by atoms with van der Waals surface area (Å²) in [6.07, 6.45) is 1.43. The molecule has 0 aliphatic carbocycles. The molecule has 1 saturated heterocycles. The Morgan fingerprint density at radius 3 is 2.52 bits per heavy atom. The number of aromatic nitrogens is 1. The van der Waals surface area contributed by atoms with Gasteiger partial charge in [0.25, 0.3) is 5.91 Å². The number of amides is 2. The smallest absolute Gasteiger partial charge is 0.275 e. The van der Waals surface area contributed by atoms with E-state index >= 15 is 0 Å². The molecule has 0 saturated carbocycles. The first-order chi connectivity index (χ1) is 15.0. The van der Waals surface area contributed by atoms with Gasteiger partial charge in [-0.1, -0.05) is 12.1 Å². The number of rotatable bonds is 6. The molecule has 2 aromatic carbocycles. The number of methoxy groups -OCH3 is 1. The minimum atomic E-state index is -0.254. The number of benzene rings is 2. The van der Waals surface area contributed by atoms with Crippen molar-refractivity contribution in [1.82, 2.24) is 4.98 Å². The Bertz CT molecular complexity index is 1070. The standard InChI is InChI=1S/C23H24N4O3S/c1-30-17-8-6-16(7-9-17)23-26-19(14-31-23)22(29)25-18-4-2-3-5-20(18)27-12-10-15(11-13-27)21(24)28/h2-9,14-15H,10-13H2,1H3,(H2,24,28)(H,25,29). The fourth-order valence-electron chi connectivity index (χ4n) is 3.69. The third-order valence-corrected chi connectivity index (χ3v) is 6.36. The summed E-state index contributed by atoms with van der Waals surface area (Å²) in [6.45, 7) is 1.44. The normalized spacial score (nSPS) is 14.3. The van der Waals surface area contributed by atoms with Crippen molar-refractivity contribution >= 4 is 34.5 Å². The molecule has 31 heavy (non-hydrogen) atoms. The van der Waals surface area contributed by atoms with Crippen LogP contribution in [-0.2, 0) is 4.79 Å². The van der Waals surface area contributed by atoms with E-state index in [1.165, 1.54) is 11.3 Å². The first kappa shape index (κ1) is 20.9. The molecular weight excluding hydrogens is 412 g/mol. The number of primary amides is 1. The monoisotopic (exact) mass is 436 g/mol. The number of hydrogen-bond acceptors (Lipinski definition) is 6. The zero-order valence-electron chi connectivity index (χ0n) is 17.2. The van der Waals surface area contributed by atoms with Gasteiger partial charge in [-0.05, 0) is 49.2 Å². The molecule has 160 valence electrons. The second-order valence-electron chi connectivity index (χ2n) is 7.40. The van der Waals surface area contributed by atoms with Gasteiger partial charge in [0.05, 0.1) is 18.5 Å². The molecular formula is C23H24N4O3S. The highest BCUT2D eigenvalue weighted by Gasteiger charge is 2.25. The van der Waals surface area contributed by atoms with Crippen LogP contribution in [0.25, 0.3) is 10.6 Å². The van der Waals surface area contributed by atoms with Crippen LogP contribution in [0, 0.1) is 5.92 Å². The van der Waals surface area contributed by atoms with Crippen LogP contribution < -0.4 is 20.7 Å². The van der Waals surface area contributed by atoms with E-state index in [1.54, 1.807) is 12.5 Å². The molecule has 0 spiro atoms. The number of thiazole rings is 1. The number of anilines is 2. The molecule has 4 rings (SSSR count). The maximum absolute atomic E-state index is 12.9. The predicted octanol–water partition coefficient (Wildman–Crippen LogP) is 3.77. The Balaban J connectivity index is 1.47. The third kappa shape index (κ3) is 4.69. The van der Waals surface area contributed by atoms with Crippen LogP contribution in [0.5, 0.6) is 5.75 Å². The number of carbonyl (C=O) groups excluding carboxylic acids is 2. The van der Waals surface area contributed by atoms with Crippen LogP contribution >= 0.6 is 11.3 Å². The van der Waals surface area contributed by atoms with Crippen molar-refractivity contribution in [2.75, 3.05) is 30.4 Å². The molecule has 7 nitrogen and oxygen atoms in total. The van der Waals surface area contributed by atoms with Gasteiger partial charge in [0.2, 0.25) is 5.91 Å². The molecule has 1 aromatic heterocycles. The van der Waals surface area contributed by atoms with Crippen molar-refractivity contribution in [3.8, 4) is 16.3 Å².